The number of carboxylic acid groups (broad SMARTS) is 1. The lowest BCUT2D eigenvalue weighted by molar-refractivity contribution is -0.137. The van der Waals surface area contributed by atoms with Crippen molar-refractivity contribution in [3.63, 3.8) is 0 Å². The van der Waals surface area contributed by atoms with Gasteiger partial charge in [-0.3, -0.25) is 9.59 Å². The van der Waals surface area contributed by atoms with Crippen molar-refractivity contribution in [3.8, 4) is 0 Å². The molecule has 1 saturated carbocycles. The number of hydrogen-bond acceptors (Lipinski definition) is 3. The maximum Gasteiger partial charge on any atom is 0.305 e. The van der Waals surface area contributed by atoms with Crippen LogP contribution in [0.25, 0.3) is 0 Å². The van der Waals surface area contributed by atoms with E-state index in [2.05, 4.69) is 5.32 Å². The maximum atomic E-state index is 11.7. The Morgan fingerprint density at radius 3 is 2.40 bits per heavy atom. The third-order valence-electron chi connectivity index (χ3n) is 2.82. The Bertz CT molecular complexity index is 247. The van der Waals surface area contributed by atoms with Gasteiger partial charge < -0.3 is 16.2 Å². The van der Waals surface area contributed by atoms with E-state index in [0.29, 0.717) is 12.8 Å². The molecule has 5 nitrogen and oxygen atoms in total. The number of carbonyl (C=O) groups is 2. The van der Waals surface area contributed by atoms with Gasteiger partial charge in [-0.15, -0.1) is 0 Å². The van der Waals surface area contributed by atoms with Crippen LogP contribution in [0.1, 0.15) is 38.5 Å². The number of amides is 1. The Labute approximate surface area is 89.0 Å². The molecule has 1 rings (SSSR count). The predicted octanol–water partition coefficient (Wildman–Crippen LogP) is 0.239. The average molecular weight is 214 g/mol. The van der Waals surface area contributed by atoms with Crippen molar-refractivity contribution < 1.29 is 14.7 Å². The fourth-order valence-corrected chi connectivity index (χ4v) is 1.87. The van der Waals surface area contributed by atoms with E-state index < -0.39 is 11.5 Å². The fraction of sp³-hybridized carbons (Fsp3) is 0.800. The first-order valence-corrected chi connectivity index (χ1v) is 5.33. The topological polar surface area (TPSA) is 92.4 Å². The van der Waals surface area contributed by atoms with Gasteiger partial charge in [0.1, 0.15) is 0 Å². The Kier molecular flexibility index (Phi) is 4.08. The van der Waals surface area contributed by atoms with Gasteiger partial charge in [0.2, 0.25) is 5.91 Å². The zero-order chi connectivity index (χ0) is 11.3. The summed E-state index contributed by atoms with van der Waals surface area (Å²) in [5.41, 5.74) is 5.19. The quantitative estimate of drug-likeness (QED) is 0.625. The van der Waals surface area contributed by atoms with Crippen molar-refractivity contribution in [1.29, 1.82) is 0 Å². The average Bonchev–Trinajstić information content (AvgIpc) is 2.18. The van der Waals surface area contributed by atoms with E-state index in [-0.39, 0.29) is 18.9 Å². The second-order valence-corrected chi connectivity index (χ2v) is 4.12. The van der Waals surface area contributed by atoms with Gasteiger partial charge in [-0.2, -0.15) is 0 Å². The Balaban J connectivity index is 2.34. The van der Waals surface area contributed by atoms with E-state index >= 15 is 0 Å². The number of carboxylic acids is 1. The third kappa shape index (κ3) is 3.51. The molecular formula is C10H18N2O3. The summed E-state index contributed by atoms with van der Waals surface area (Å²) in [6.45, 7) is 0.160. The largest absolute Gasteiger partial charge is 0.481 e. The molecule has 0 heterocycles. The Hall–Kier alpha value is -1.10. The van der Waals surface area contributed by atoms with Crippen molar-refractivity contribution >= 4 is 11.9 Å². The molecule has 1 aliphatic rings. The van der Waals surface area contributed by atoms with E-state index in [1.165, 1.54) is 0 Å². The minimum absolute atomic E-state index is 0.0537. The molecule has 0 atom stereocenters. The number of nitrogens with two attached hydrogens (primary N) is 1. The lowest BCUT2D eigenvalue weighted by atomic mass is 9.82. The number of rotatable bonds is 4. The molecule has 0 bridgehead atoms. The molecular weight excluding hydrogens is 196 g/mol. The summed E-state index contributed by atoms with van der Waals surface area (Å²) in [6.07, 6.45) is 4.42. The summed E-state index contributed by atoms with van der Waals surface area (Å²) in [5.74, 6) is -1.12. The molecule has 0 spiro atoms. The summed E-state index contributed by atoms with van der Waals surface area (Å²) in [7, 11) is 0. The van der Waals surface area contributed by atoms with E-state index in [1.807, 2.05) is 0 Å². The van der Waals surface area contributed by atoms with Gasteiger partial charge >= 0.3 is 5.97 Å². The predicted molar refractivity (Wildman–Crippen MR) is 55.3 cm³/mol. The van der Waals surface area contributed by atoms with Crippen LogP contribution in [0.4, 0.5) is 0 Å². The lowest BCUT2D eigenvalue weighted by Crippen LogP contribution is -2.55. The first kappa shape index (κ1) is 12.0. The van der Waals surface area contributed by atoms with Crippen LogP contribution in [0.5, 0.6) is 0 Å². The molecule has 5 heteroatoms. The second-order valence-electron chi connectivity index (χ2n) is 4.12. The first-order valence-electron chi connectivity index (χ1n) is 5.33. The summed E-state index contributed by atoms with van der Waals surface area (Å²) >= 11 is 0. The minimum atomic E-state index is -0.912. The zero-order valence-corrected chi connectivity index (χ0v) is 8.79. The van der Waals surface area contributed by atoms with Crippen molar-refractivity contribution in [3.05, 3.63) is 0 Å². The van der Waals surface area contributed by atoms with Gasteiger partial charge in [0.15, 0.2) is 0 Å². The normalized spacial score (nSPS) is 19.5. The van der Waals surface area contributed by atoms with Crippen LogP contribution >= 0.6 is 0 Å². The zero-order valence-electron chi connectivity index (χ0n) is 8.79. The van der Waals surface area contributed by atoms with Crippen LogP contribution < -0.4 is 11.1 Å². The standard InChI is InChI=1S/C10H18N2O3/c11-10(5-2-1-3-6-10)9(15)12-7-4-8(13)14/h1-7,11H2,(H,12,15)(H,13,14). The smallest absolute Gasteiger partial charge is 0.305 e. The van der Waals surface area contributed by atoms with Crippen LogP contribution in [0.15, 0.2) is 0 Å². The molecule has 1 amide bonds. The minimum Gasteiger partial charge on any atom is -0.481 e. The lowest BCUT2D eigenvalue weighted by Gasteiger charge is -2.31. The monoisotopic (exact) mass is 214 g/mol. The molecule has 1 fully saturated rings. The van der Waals surface area contributed by atoms with Crippen molar-refractivity contribution in [2.24, 2.45) is 5.73 Å². The van der Waals surface area contributed by atoms with Crippen LogP contribution in [-0.4, -0.2) is 29.1 Å². The van der Waals surface area contributed by atoms with Gasteiger partial charge in [-0.05, 0) is 12.8 Å². The Morgan fingerprint density at radius 1 is 1.27 bits per heavy atom. The molecule has 1 aliphatic carbocycles. The summed E-state index contributed by atoms with van der Waals surface area (Å²) in [4.78, 5) is 21.9. The van der Waals surface area contributed by atoms with Crippen LogP contribution in [-0.2, 0) is 9.59 Å². The molecule has 4 N–H and O–H groups in total. The highest BCUT2D eigenvalue weighted by atomic mass is 16.4. The van der Waals surface area contributed by atoms with Crippen molar-refractivity contribution in [1.82, 2.24) is 5.32 Å². The summed E-state index contributed by atoms with van der Waals surface area (Å²) < 4.78 is 0. The van der Waals surface area contributed by atoms with Gasteiger partial charge in [0.05, 0.1) is 12.0 Å². The van der Waals surface area contributed by atoms with Crippen molar-refractivity contribution in [2.75, 3.05) is 6.54 Å². The number of aliphatic carboxylic acids is 1. The van der Waals surface area contributed by atoms with E-state index in [1.54, 1.807) is 0 Å². The molecule has 0 aromatic heterocycles. The number of hydrogen-bond donors (Lipinski definition) is 3. The van der Waals surface area contributed by atoms with Crippen LogP contribution in [0.3, 0.4) is 0 Å². The van der Waals surface area contributed by atoms with Gasteiger partial charge in [0.25, 0.3) is 0 Å². The van der Waals surface area contributed by atoms with Gasteiger partial charge in [-0.1, -0.05) is 19.3 Å². The van der Waals surface area contributed by atoms with Crippen molar-refractivity contribution in [2.45, 2.75) is 44.1 Å². The van der Waals surface area contributed by atoms with Crippen LogP contribution in [0, 0.1) is 0 Å². The summed E-state index contributed by atoms with van der Waals surface area (Å²) in [6, 6.07) is 0. The Morgan fingerprint density at radius 2 is 1.87 bits per heavy atom. The van der Waals surface area contributed by atoms with E-state index in [4.69, 9.17) is 10.8 Å². The van der Waals surface area contributed by atoms with Gasteiger partial charge in [-0.25, -0.2) is 0 Å². The molecule has 15 heavy (non-hydrogen) atoms. The molecule has 0 unspecified atom stereocenters. The van der Waals surface area contributed by atoms with Crippen LogP contribution in [0.2, 0.25) is 0 Å². The molecule has 0 aromatic carbocycles. The first-order chi connectivity index (χ1) is 7.04. The molecule has 0 radical (unpaired) electrons. The summed E-state index contributed by atoms with van der Waals surface area (Å²) in [5, 5.41) is 11.0. The fourth-order valence-electron chi connectivity index (χ4n) is 1.87. The highest BCUT2D eigenvalue weighted by Gasteiger charge is 2.34. The molecule has 86 valence electrons. The highest BCUT2D eigenvalue weighted by Crippen LogP contribution is 2.25. The number of nitrogens with one attached hydrogen (secondary N) is 1. The molecule has 0 aromatic rings. The second kappa shape index (κ2) is 5.11. The maximum absolute atomic E-state index is 11.7. The van der Waals surface area contributed by atoms with E-state index in [0.717, 1.165) is 19.3 Å². The number of carbonyl (C=O) groups excluding carboxylic acids is 1. The SMILES string of the molecule is NC1(C(=O)NCCC(=O)O)CCCCC1. The molecule has 0 aliphatic heterocycles. The molecule has 0 saturated heterocycles. The van der Waals surface area contributed by atoms with E-state index in [9.17, 15) is 9.59 Å². The third-order valence-corrected chi connectivity index (χ3v) is 2.82. The highest BCUT2D eigenvalue weighted by molar-refractivity contribution is 5.86. The van der Waals surface area contributed by atoms with Gasteiger partial charge in [0, 0.05) is 6.54 Å².